The molecule has 0 aromatic carbocycles. The largest absolute Gasteiger partial charge is 0.394 e. The summed E-state index contributed by atoms with van der Waals surface area (Å²) in [6.45, 7) is 5.13. The van der Waals surface area contributed by atoms with E-state index in [1.165, 1.54) is 0 Å². The van der Waals surface area contributed by atoms with Crippen molar-refractivity contribution in [3.05, 3.63) is 0 Å². The maximum Gasteiger partial charge on any atom is 0.115 e. The van der Waals surface area contributed by atoms with Gasteiger partial charge >= 0.3 is 0 Å². The minimum absolute atomic E-state index is 0.329. The quantitative estimate of drug-likeness (QED) is 0.473. The highest BCUT2D eigenvalue weighted by Gasteiger charge is 2.49. The molecule has 1 rings (SSSR count). The molecule has 1 unspecified atom stereocenters. The third-order valence-corrected chi connectivity index (χ3v) is 2.72. The molecule has 90 valence electrons. The van der Waals surface area contributed by atoms with Crippen molar-refractivity contribution in [2.45, 2.75) is 51.3 Å². The average molecular weight is 220 g/mol. The van der Waals surface area contributed by atoms with E-state index in [2.05, 4.69) is 0 Å². The lowest BCUT2D eigenvalue weighted by Gasteiger charge is -2.29. The number of ether oxygens (including phenoxy) is 1. The van der Waals surface area contributed by atoms with Crippen LogP contribution in [0.3, 0.4) is 0 Å². The second-order valence-corrected chi connectivity index (χ2v) is 5.12. The minimum atomic E-state index is -1.16. The molecular formula is C10H20O5. The Morgan fingerprint density at radius 2 is 1.73 bits per heavy atom. The summed E-state index contributed by atoms with van der Waals surface area (Å²) in [6, 6.07) is 0. The smallest absolute Gasteiger partial charge is 0.115 e. The van der Waals surface area contributed by atoms with Gasteiger partial charge in [0.15, 0.2) is 0 Å². The monoisotopic (exact) mass is 220 g/mol. The first-order valence-electron chi connectivity index (χ1n) is 5.09. The van der Waals surface area contributed by atoms with Crippen molar-refractivity contribution in [1.82, 2.24) is 0 Å². The van der Waals surface area contributed by atoms with E-state index in [0.29, 0.717) is 0 Å². The van der Waals surface area contributed by atoms with E-state index in [1.807, 2.05) is 20.8 Å². The van der Waals surface area contributed by atoms with Crippen LogP contribution in [-0.4, -0.2) is 57.6 Å². The van der Waals surface area contributed by atoms with Gasteiger partial charge in [-0.3, -0.25) is 0 Å². The predicted octanol–water partition coefficient (Wildman–Crippen LogP) is -1.13. The molecule has 0 spiro atoms. The average Bonchev–Trinajstić information content (AvgIpc) is 2.42. The summed E-state index contributed by atoms with van der Waals surface area (Å²) >= 11 is 0. The fourth-order valence-electron chi connectivity index (χ4n) is 1.84. The summed E-state index contributed by atoms with van der Waals surface area (Å²) < 4.78 is 5.39. The molecule has 5 nitrogen and oxygen atoms in total. The molecule has 5 heteroatoms. The fraction of sp³-hybridized carbons (Fsp3) is 1.00. The second kappa shape index (κ2) is 4.35. The first-order chi connectivity index (χ1) is 6.79. The summed E-state index contributed by atoms with van der Waals surface area (Å²) in [6.07, 6.45) is -4.82. The molecule has 1 heterocycles. The standard InChI is InChI=1S/C10H20O5/c1-10(2,3)9-7(14)6(13)8(15-9)5(12)4-11/h5-9,11-14H,4H2,1-3H3/t5-,6?,7+,8-,9-/m1/s1. The summed E-state index contributed by atoms with van der Waals surface area (Å²) in [5, 5.41) is 37.5. The molecule has 0 aliphatic carbocycles. The number of hydrogen-bond donors (Lipinski definition) is 4. The van der Waals surface area contributed by atoms with Crippen LogP contribution in [0.4, 0.5) is 0 Å². The van der Waals surface area contributed by atoms with Gasteiger partial charge in [-0.15, -0.1) is 0 Å². The molecule has 0 aromatic rings. The van der Waals surface area contributed by atoms with Gasteiger partial charge in [-0.05, 0) is 5.41 Å². The van der Waals surface area contributed by atoms with Crippen LogP contribution in [0.2, 0.25) is 0 Å². The van der Waals surface area contributed by atoms with Crippen molar-refractivity contribution in [3.63, 3.8) is 0 Å². The van der Waals surface area contributed by atoms with E-state index >= 15 is 0 Å². The van der Waals surface area contributed by atoms with Gasteiger partial charge in [-0.1, -0.05) is 20.8 Å². The normalized spacial score (nSPS) is 39.4. The van der Waals surface area contributed by atoms with Gasteiger partial charge in [0.25, 0.3) is 0 Å². The SMILES string of the molecule is CC(C)(C)[C@@H]1O[C@H]([C@H](O)CO)C(O)[C@@H]1O. The zero-order valence-electron chi connectivity index (χ0n) is 9.29. The highest BCUT2D eigenvalue weighted by Crippen LogP contribution is 2.34. The number of aliphatic hydroxyl groups excluding tert-OH is 4. The van der Waals surface area contributed by atoms with E-state index in [1.54, 1.807) is 0 Å². The van der Waals surface area contributed by atoms with Crippen LogP contribution in [-0.2, 0) is 4.74 Å². The second-order valence-electron chi connectivity index (χ2n) is 5.12. The lowest BCUT2D eigenvalue weighted by atomic mass is 9.85. The molecule has 1 saturated heterocycles. The molecule has 1 aliphatic rings. The van der Waals surface area contributed by atoms with E-state index in [9.17, 15) is 15.3 Å². The third kappa shape index (κ3) is 2.49. The number of rotatable bonds is 2. The van der Waals surface area contributed by atoms with Crippen LogP contribution in [0.1, 0.15) is 20.8 Å². The Balaban J connectivity index is 2.76. The van der Waals surface area contributed by atoms with E-state index in [0.717, 1.165) is 0 Å². The lowest BCUT2D eigenvalue weighted by Crippen LogP contribution is -2.41. The predicted molar refractivity (Wildman–Crippen MR) is 53.2 cm³/mol. The molecule has 0 amide bonds. The van der Waals surface area contributed by atoms with Crippen LogP contribution in [0, 0.1) is 5.41 Å². The van der Waals surface area contributed by atoms with Crippen molar-refractivity contribution in [3.8, 4) is 0 Å². The summed E-state index contributed by atoms with van der Waals surface area (Å²) in [7, 11) is 0. The van der Waals surface area contributed by atoms with Crippen molar-refractivity contribution in [1.29, 1.82) is 0 Å². The molecule has 0 bridgehead atoms. The molecule has 4 N–H and O–H groups in total. The summed E-state index contributed by atoms with van der Waals surface area (Å²) in [5.74, 6) is 0. The van der Waals surface area contributed by atoms with Gasteiger partial charge in [0.05, 0.1) is 12.7 Å². The first kappa shape index (κ1) is 12.9. The van der Waals surface area contributed by atoms with Crippen LogP contribution < -0.4 is 0 Å². The molecule has 0 saturated carbocycles. The van der Waals surface area contributed by atoms with E-state index in [4.69, 9.17) is 9.84 Å². The van der Waals surface area contributed by atoms with E-state index in [-0.39, 0.29) is 5.41 Å². The van der Waals surface area contributed by atoms with Crippen molar-refractivity contribution >= 4 is 0 Å². The molecule has 0 aromatic heterocycles. The minimum Gasteiger partial charge on any atom is -0.394 e. The maximum absolute atomic E-state index is 9.74. The fourth-order valence-corrected chi connectivity index (χ4v) is 1.84. The third-order valence-electron chi connectivity index (χ3n) is 2.72. The van der Waals surface area contributed by atoms with Crippen molar-refractivity contribution in [2.24, 2.45) is 5.41 Å². The molecule has 15 heavy (non-hydrogen) atoms. The van der Waals surface area contributed by atoms with Gasteiger partial charge < -0.3 is 25.2 Å². The van der Waals surface area contributed by atoms with Crippen LogP contribution in [0.25, 0.3) is 0 Å². The van der Waals surface area contributed by atoms with Crippen molar-refractivity contribution in [2.75, 3.05) is 6.61 Å². The molecule has 0 radical (unpaired) electrons. The summed E-state index contributed by atoms with van der Waals surface area (Å²) in [5.41, 5.74) is -0.329. The topological polar surface area (TPSA) is 90.2 Å². The van der Waals surface area contributed by atoms with Gasteiger partial charge in [0.1, 0.15) is 24.4 Å². The van der Waals surface area contributed by atoms with Crippen LogP contribution in [0.5, 0.6) is 0 Å². The Labute approximate surface area is 89.3 Å². The lowest BCUT2D eigenvalue weighted by molar-refractivity contribution is -0.101. The highest BCUT2D eigenvalue weighted by molar-refractivity contribution is 4.98. The number of aliphatic hydroxyl groups is 4. The van der Waals surface area contributed by atoms with Gasteiger partial charge in [-0.25, -0.2) is 0 Å². The zero-order chi connectivity index (χ0) is 11.8. The summed E-state index contributed by atoms with van der Waals surface area (Å²) in [4.78, 5) is 0. The Morgan fingerprint density at radius 1 is 1.20 bits per heavy atom. The van der Waals surface area contributed by atoms with Gasteiger partial charge in [0.2, 0.25) is 0 Å². The maximum atomic E-state index is 9.74. The molecular weight excluding hydrogens is 200 g/mol. The Bertz CT molecular complexity index is 212. The highest BCUT2D eigenvalue weighted by atomic mass is 16.6. The van der Waals surface area contributed by atoms with Crippen molar-refractivity contribution < 1.29 is 25.2 Å². The Morgan fingerprint density at radius 3 is 2.07 bits per heavy atom. The molecule has 5 atom stereocenters. The zero-order valence-corrected chi connectivity index (χ0v) is 9.29. The molecule has 1 fully saturated rings. The first-order valence-corrected chi connectivity index (χ1v) is 5.09. The number of hydrogen-bond acceptors (Lipinski definition) is 5. The van der Waals surface area contributed by atoms with Crippen LogP contribution >= 0.6 is 0 Å². The molecule has 1 aliphatic heterocycles. The van der Waals surface area contributed by atoms with Gasteiger partial charge in [-0.2, -0.15) is 0 Å². The van der Waals surface area contributed by atoms with Gasteiger partial charge in [0, 0.05) is 0 Å². The Kier molecular flexibility index (Phi) is 3.73. The Hall–Kier alpha value is -0.200. The van der Waals surface area contributed by atoms with Crippen LogP contribution in [0.15, 0.2) is 0 Å². The van der Waals surface area contributed by atoms with E-state index < -0.39 is 37.1 Å².